The Balaban J connectivity index is 1.61. The number of carbonyl (C=O) groups excluding carboxylic acids is 1. The van der Waals surface area contributed by atoms with Gasteiger partial charge in [0.05, 0.1) is 0 Å². The molecule has 2 fully saturated rings. The van der Waals surface area contributed by atoms with Crippen molar-refractivity contribution >= 4 is 5.91 Å². The summed E-state index contributed by atoms with van der Waals surface area (Å²) < 4.78 is 0. The second-order valence-electron chi connectivity index (χ2n) is 8.46. The molecule has 1 unspecified atom stereocenters. The summed E-state index contributed by atoms with van der Waals surface area (Å²) in [4.78, 5) is 15.0. The number of carbonyl (C=O) groups is 1. The molecule has 3 rings (SSSR count). The molecule has 1 aromatic carbocycles. The van der Waals surface area contributed by atoms with Gasteiger partial charge in [0.1, 0.15) is 0 Å². The van der Waals surface area contributed by atoms with Crippen LogP contribution in [0.15, 0.2) is 24.3 Å². The molecule has 126 valence electrons. The van der Waals surface area contributed by atoms with Crippen molar-refractivity contribution in [1.29, 1.82) is 0 Å². The van der Waals surface area contributed by atoms with Crippen LogP contribution in [-0.4, -0.2) is 23.4 Å². The van der Waals surface area contributed by atoms with Crippen molar-refractivity contribution in [3.05, 3.63) is 35.4 Å². The first-order chi connectivity index (χ1) is 10.9. The lowest BCUT2D eigenvalue weighted by Gasteiger charge is -2.31. The standard InChI is InChI=1S/C21H31NO/c1-21(2,3)18-11-9-16(10-12-18)15-17-13-14-22(20(17)23)19-7-5-4-6-8-19/h9-12,17,19H,4-8,13-15H2,1-3H3. The van der Waals surface area contributed by atoms with Gasteiger partial charge >= 0.3 is 0 Å². The van der Waals surface area contributed by atoms with E-state index in [2.05, 4.69) is 49.9 Å². The number of benzene rings is 1. The SMILES string of the molecule is CC(C)(C)c1ccc(CC2CCN(C3CCCCC3)C2=O)cc1. The van der Waals surface area contributed by atoms with Gasteiger partial charge in [0.2, 0.25) is 5.91 Å². The molecule has 2 nitrogen and oxygen atoms in total. The Kier molecular flexibility index (Phi) is 4.79. The van der Waals surface area contributed by atoms with Gasteiger partial charge < -0.3 is 4.90 Å². The summed E-state index contributed by atoms with van der Waals surface area (Å²) in [5, 5.41) is 0. The Morgan fingerprint density at radius 2 is 1.65 bits per heavy atom. The number of amides is 1. The van der Waals surface area contributed by atoms with Gasteiger partial charge in [-0.25, -0.2) is 0 Å². The molecule has 1 amide bonds. The van der Waals surface area contributed by atoms with Crippen molar-refractivity contribution in [2.45, 2.75) is 77.2 Å². The van der Waals surface area contributed by atoms with E-state index in [0.717, 1.165) is 19.4 Å². The third kappa shape index (κ3) is 3.79. The van der Waals surface area contributed by atoms with Crippen molar-refractivity contribution in [1.82, 2.24) is 4.90 Å². The average Bonchev–Trinajstić information content (AvgIpc) is 2.89. The molecule has 2 aliphatic rings. The van der Waals surface area contributed by atoms with E-state index < -0.39 is 0 Å². The highest BCUT2D eigenvalue weighted by Gasteiger charge is 2.36. The number of likely N-dealkylation sites (tertiary alicyclic amines) is 1. The van der Waals surface area contributed by atoms with Crippen molar-refractivity contribution in [2.75, 3.05) is 6.54 Å². The third-order valence-corrected chi connectivity index (χ3v) is 5.67. The van der Waals surface area contributed by atoms with Crippen LogP contribution in [0.25, 0.3) is 0 Å². The van der Waals surface area contributed by atoms with Crippen LogP contribution in [0.3, 0.4) is 0 Å². The molecule has 0 spiro atoms. The first-order valence-electron chi connectivity index (χ1n) is 9.35. The van der Waals surface area contributed by atoms with Gasteiger partial charge in [-0.2, -0.15) is 0 Å². The minimum atomic E-state index is 0.194. The molecule has 2 heteroatoms. The summed E-state index contributed by atoms with van der Waals surface area (Å²) in [6.07, 6.45) is 8.34. The van der Waals surface area contributed by atoms with Gasteiger partial charge in [-0.3, -0.25) is 4.79 Å². The molecule has 0 bridgehead atoms. The van der Waals surface area contributed by atoms with E-state index >= 15 is 0 Å². The Morgan fingerprint density at radius 1 is 1.00 bits per heavy atom. The Morgan fingerprint density at radius 3 is 2.26 bits per heavy atom. The smallest absolute Gasteiger partial charge is 0.226 e. The summed E-state index contributed by atoms with van der Waals surface area (Å²) in [6.45, 7) is 7.70. The Hall–Kier alpha value is -1.31. The summed E-state index contributed by atoms with van der Waals surface area (Å²) in [5.74, 6) is 0.620. The van der Waals surface area contributed by atoms with Crippen LogP contribution in [0.1, 0.15) is 70.4 Å². The van der Waals surface area contributed by atoms with Gasteiger partial charge in [-0.15, -0.1) is 0 Å². The van der Waals surface area contributed by atoms with Crippen LogP contribution in [0, 0.1) is 5.92 Å². The Labute approximate surface area is 141 Å². The summed E-state index contributed by atoms with van der Waals surface area (Å²) in [5.41, 5.74) is 2.86. The quantitative estimate of drug-likeness (QED) is 0.791. The number of rotatable bonds is 3. The summed E-state index contributed by atoms with van der Waals surface area (Å²) >= 11 is 0. The third-order valence-electron chi connectivity index (χ3n) is 5.67. The summed E-state index contributed by atoms with van der Waals surface area (Å²) in [7, 11) is 0. The highest BCUT2D eigenvalue weighted by atomic mass is 16.2. The van der Waals surface area contributed by atoms with E-state index in [4.69, 9.17) is 0 Å². The van der Waals surface area contributed by atoms with Crippen LogP contribution < -0.4 is 0 Å². The fourth-order valence-electron chi connectivity index (χ4n) is 4.13. The predicted molar refractivity (Wildman–Crippen MR) is 95.5 cm³/mol. The number of nitrogens with zero attached hydrogens (tertiary/aromatic N) is 1. The van der Waals surface area contributed by atoms with Crippen LogP contribution in [-0.2, 0) is 16.6 Å². The monoisotopic (exact) mass is 313 g/mol. The van der Waals surface area contributed by atoms with Gasteiger partial charge in [0.15, 0.2) is 0 Å². The zero-order chi connectivity index (χ0) is 16.4. The second kappa shape index (κ2) is 6.67. The van der Waals surface area contributed by atoms with Crippen LogP contribution in [0.5, 0.6) is 0 Å². The fourth-order valence-corrected chi connectivity index (χ4v) is 4.13. The van der Waals surface area contributed by atoms with Crippen LogP contribution in [0.2, 0.25) is 0 Å². The zero-order valence-corrected chi connectivity index (χ0v) is 15.0. The van der Waals surface area contributed by atoms with Crippen molar-refractivity contribution in [3.8, 4) is 0 Å². The van der Waals surface area contributed by atoms with Gasteiger partial charge in [0.25, 0.3) is 0 Å². The van der Waals surface area contributed by atoms with Crippen molar-refractivity contribution in [3.63, 3.8) is 0 Å². The minimum absolute atomic E-state index is 0.194. The normalized spacial score (nSPS) is 23.5. The fraction of sp³-hybridized carbons (Fsp3) is 0.667. The van der Waals surface area contributed by atoms with Gasteiger partial charge in [-0.1, -0.05) is 64.3 Å². The largest absolute Gasteiger partial charge is 0.339 e. The molecular formula is C21H31NO. The van der Waals surface area contributed by atoms with Gasteiger partial charge in [0, 0.05) is 18.5 Å². The maximum atomic E-state index is 12.8. The van der Waals surface area contributed by atoms with E-state index in [9.17, 15) is 4.79 Å². The number of hydrogen-bond acceptors (Lipinski definition) is 1. The molecule has 1 atom stereocenters. The summed E-state index contributed by atoms with van der Waals surface area (Å²) in [6, 6.07) is 9.43. The molecule has 1 aliphatic carbocycles. The average molecular weight is 313 g/mol. The topological polar surface area (TPSA) is 20.3 Å². The lowest BCUT2D eigenvalue weighted by molar-refractivity contribution is -0.133. The highest BCUT2D eigenvalue weighted by molar-refractivity contribution is 5.81. The molecule has 1 heterocycles. The van der Waals surface area contributed by atoms with Crippen molar-refractivity contribution < 1.29 is 4.79 Å². The van der Waals surface area contributed by atoms with E-state index in [1.807, 2.05) is 0 Å². The highest BCUT2D eigenvalue weighted by Crippen LogP contribution is 2.30. The van der Waals surface area contributed by atoms with E-state index in [1.165, 1.54) is 43.2 Å². The lowest BCUT2D eigenvalue weighted by Crippen LogP contribution is -2.39. The van der Waals surface area contributed by atoms with Crippen LogP contribution in [0.4, 0.5) is 0 Å². The second-order valence-corrected chi connectivity index (χ2v) is 8.46. The molecule has 23 heavy (non-hydrogen) atoms. The zero-order valence-electron chi connectivity index (χ0n) is 15.0. The molecule has 0 radical (unpaired) electrons. The van der Waals surface area contributed by atoms with E-state index in [1.54, 1.807) is 0 Å². The first kappa shape index (κ1) is 16.5. The maximum Gasteiger partial charge on any atom is 0.226 e. The molecular weight excluding hydrogens is 282 g/mol. The van der Waals surface area contributed by atoms with Crippen LogP contribution >= 0.6 is 0 Å². The van der Waals surface area contributed by atoms with E-state index in [-0.39, 0.29) is 11.3 Å². The van der Waals surface area contributed by atoms with Crippen molar-refractivity contribution in [2.24, 2.45) is 5.92 Å². The molecule has 1 saturated heterocycles. The molecule has 1 aliphatic heterocycles. The first-order valence-corrected chi connectivity index (χ1v) is 9.35. The molecule has 0 N–H and O–H groups in total. The minimum Gasteiger partial charge on any atom is -0.339 e. The van der Waals surface area contributed by atoms with Gasteiger partial charge in [-0.05, 0) is 42.2 Å². The maximum absolute atomic E-state index is 12.8. The van der Waals surface area contributed by atoms with E-state index in [0.29, 0.717) is 11.9 Å². The molecule has 0 aromatic heterocycles. The molecule has 1 saturated carbocycles. The predicted octanol–water partition coefficient (Wildman–Crippen LogP) is 4.71. The Bertz CT molecular complexity index is 534. The molecule has 1 aromatic rings. The lowest BCUT2D eigenvalue weighted by atomic mass is 9.86. The number of hydrogen-bond donors (Lipinski definition) is 0.